The van der Waals surface area contributed by atoms with Crippen LogP contribution < -0.4 is 10.9 Å². The average Bonchev–Trinajstić information content (AvgIpc) is 2.38. The fraction of sp³-hybridized carbons (Fsp3) is 0. The molecular weight excluding hydrogens is 222 g/mol. The van der Waals surface area contributed by atoms with E-state index in [0.717, 1.165) is 0 Å². The first-order valence-corrected chi connectivity index (χ1v) is 4.74. The third-order valence-corrected chi connectivity index (χ3v) is 1.93. The summed E-state index contributed by atoms with van der Waals surface area (Å²) in [6, 6.07) is 6.21. The van der Waals surface area contributed by atoms with E-state index < -0.39 is 5.91 Å². The highest BCUT2D eigenvalue weighted by atomic mass is 16.3. The van der Waals surface area contributed by atoms with Gasteiger partial charge in [0, 0.05) is 0 Å². The van der Waals surface area contributed by atoms with Gasteiger partial charge in [-0.15, -0.1) is 0 Å². The Morgan fingerprint density at radius 1 is 1.18 bits per heavy atom. The van der Waals surface area contributed by atoms with Crippen LogP contribution in [0.3, 0.4) is 0 Å². The molecule has 0 unspecified atom stereocenters. The standard InChI is InChI=1S/C10H9N5O2/c16-8-4-2-1-3-7(8)9(17)14-15-10-12-5-11-6-13-10/h1-6,16H,(H,14,17)(H,11,12,13,15). The molecule has 0 aliphatic carbocycles. The molecule has 0 saturated carbocycles. The average molecular weight is 231 g/mol. The highest BCUT2D eigenvalue weighted by Crippen LogP contribution is 2.14. The fourth-order valence-electron chi connectivity index (χ4n) is 1.15. The molecule has 7 heteroatoms. The number of rotatable bonds is 3. The second kappa shape index (κ2) is 4.88. The quantitative estimate of drug-likeness (QED) is 0.658. The molecule has 0 aliphatic heterocycles. The van der Waals surface area contributed by atoms with Crippen molar-refractivity contribution in [2.75, 3.05) is 5.43 Å². The van der Waals surface area contributed by atoms with Crippen molar-refractivity contribution in [1.82, 2.24) is 20.4 Å². The number of phenolic OH excluding ortho intramolecular Hbond substituents is 1. The van der Waals surface area contributed by atoms with Gasteiger partial charge in [0.25, 0.3) is 5.91 Å². The Kier molecular flexibility index (Phi) is 3.10. The predicted molar refractivity (Wildman–Crippen MR) is 59.0 cm³/mol. The number of amides is 1. The van der Waals surface area contributed by atoms with E-state index in [1.165, 1.54) is 24.8 Å². The molecule has 0 spiro atoms. The summed E-state index contributed by atoms with van der Waals surface area (Å²) in [5.41, 5.74) is 5.01. The number of anilines is 1. The van der Waals surface area contributed by atoms with Crippen LogP contribution in [0.5, 0.6) is 5.75 Å². The van der Waals surface area contributed by atoms with Gasteiger partial charge in [0.05, 0.1) is 5.56 Å². The van der Waals surface area contributed by atoms with Crippen molar-refractivity contribution in [2.24, 2.45) is 0 Å². The minimum atomic E-state index is -0.483. The smallest absolute Gasteiger partial charge is 0.273 e. The molecule has 0 atom stereocenters. The lowest BCUT2D eigenvalue weighted by atomic mass is 10.2. The molecular formula is C10H9N5O2. The van der Waals surface area contributed by atoms with Crippen LogP contribution in [0.2, 0.25) is 0 Å². The largest absolute Gasteiger partial charge is 0.507 e. The molecule has 0 radical (unpaired) electrons. The summed E-state index contributed by atoms with van der Waals surface area (Å²) in [5.74, 6) is -0.366. The zero-order valence-electron chi connectivity index (χ0n) is 8.66. The zero-order chi connectivity index (χ0) is 12.1. The van der Waals surface area contributed by atoms with Crippen LogP contribution in [0.25, 0.3) is 0 Å². The molecule has 2 rings (SSSR count). The molecule has 0 fully saturated rings. The number of carbonyl (C=O) groups is 1. The number of hydrogen-bond donors (Lipinski definition) is 3. The third-order valence-electron chi connectivity index (χ3n) is 1.93. The van der Waals surface area contributed by atoms with Crippen molar-refractivity contribution >= 4 is 11.9 Å². The Labute approximate surface area is 96.5 Å². The van der Waals surface area contributed by atoms with Crippen LogP contribution in [-0.2, 0) is 0 Å². The summed E-state index contributed by atoms with van der Waals surface area (Å²) < 4.78 is 0. The van der Waals surface area contributed by atoms with Crippen molar-refractivity contribution < 1.29 is 9.90 Å². The van der Waals surface area contributed by atoms with Gasteiger partial charge in [-0.3, -0.25) is 15.6 Å². The van der Waals surface area contributed by atoms with E-state index in [2.05, 4.69) is 25.8 Å². The predicted octanol–water partition coefficient (Wildman–Crippen LogP) is 0.334. The second-order valence-corrected chi connectivity index (χ2v) is 3.06. The highest BCUT2D eigenvalue weighted by Gasteiger charge is 2.09. The van der Waals surface area contributed by atoms with Crippen LogP contribution in [0.4, 0.5) is 5.95 Å². The molecule has 1 aromatic carbocycles. The van der Waals surface area contributed by atoms with Crippen LogP contribution in [0.1, 0.15) is 10.4 Å². The van der Waals surface area contributed by atoms with Crippen LogP contribution in [0.15, 0.2) is 36.9 Å². The Morgan fingerprint density at radius 3 is 2.59 bits per heavy atom. The van der Waals surface area contributed by atoms with Crippen molar-refractivity contribution in [3.05, 3.63) is 42.5 Å². The van der Waals surface area contributed by atoms with E-state index in [4.69, 9.17) is 0 Å². The lowest BCUT2D eigenvalue weighted by molar-refractivity contribution is 0.0959. The lowest BCUT2D eigenvalue weighted by Crippen LogP contribution is -2.30. The number of hydrogen-bond acceptors (Lipinski definition) is 6. The maximum atomic E-state index is 11.6. The van der Waals surface area contributed by atoms with E-state index in [1.807, 2.05) is 0 Å². The number of phenols is 1. The molecule has 17 heavy (non-hydrogen) atoms. The molecule has 3 N–H and O–H groups in total. The van der Waals surface area contributed by atoms with E-state index in [9.17, 15) is 9.90 Å². The van der Waals surface area contributed by atoms with Crippen LogP contribution >= 0.6 is 0 Å². The zero-order valence-corrected chi connectivity index (χ0v) is 8.66. The first-order valence-electron chi connectivity index (χ1n) is 4.74. The molecule has 0 saturated heterocycles. The van der Waals surface area contributed by atoms with Crippen molar-refractivity contribution in [2.45, 2.75) is 0 Å². The SMILES string of the molecule is O=C(NNc1ncncn1)c1ccccc1O. The Balaban J connectivity index is 2.01. The van der Waals surface area contributed by atoms with E-state index in [-0.39, 0.29) is 17.3 Å². The topological polar surface area (TPSA) is 100 Å². The van der Waals surface area contributed by atoms with Gasteiger partial charge in [-0.1, -0.05) is 12.1 Å². The van der Waals surface area contributed by atoms with Crippen LogP contribution in [-0.4, -0.2) is 26.0 Å². The first-order chi connectivity index (χ1) is 8.27. The summed E-state index contributed by atoms with van der Waals surface area (Å²) in [7, 11) is 0. The lowest BCUT2D eigenvalue weighted by Gasteiger charge is -2.07. The number of aromatic nitrogens is 3. The minimum absolute atomic E-state index is 0.0950. The molecule has 1 amide bonds. The van der Waals surface area contributed by atoms with Gasteiger partial charge in [0.15, 0.2) is 0 Å². The number of para-hydroxylation sites is 1. The maximum Gasteiger partial charge on any atom is 0.273 e. The van der Waals surface area contributed by atoms with Gasteiger partial charge >= 0.3 is 0 Å². The second-order valence-electron chi connectivity index (χ2n) is 3.06. The summed E-state index contributed by atoms with van der Waals surface area (Å²) in [6.07, 6.45) is 2.59. The fourth-order valence-corrected chi connectivity index (χ4v) is 1.15. The number of aromatic hydroxyl groups is 1. The van der Waals surface area contributed by atoms with Crippen LogP contribution in [0, 0.1) is 0 Å². The molecule has 1 aromatic heterocycles. The molecule has 0 bridgehead atoms. The van der Waals surface area contributed by atoms with E-state index >= 15 is 0 Å². The van der Waals surface area contributed by atoms with Gasteiger partial charge in [-0.2, -0.15) is 9.97 Å². The van der Waals surface area contributed by atoms with Gasteiger partial charge in [-0.05, 0) is 12.1 Å². The summed E-state index contributed by atoms with van der Waals surface area (Å²) >= 11 is 0. The Morgan fingerprint density at radius 2 is 1.88 bits per heavy atom. The monoisotopic (exact) mass is 231 g/mol. The number of carbonyl (C=O) groups excluding carboxylic acids is 1. The Hall–Kier alpha value is -2.70. The highest BCUT2D eigenvalue weighted by molar-refractivity contribution is 5.97. The molecule has 86 valence electrons. The number of benzene rings is 1. The van der Waals surface area contributed by atoms with Crippen molar-refractivity contribution in [3.63, 3.8) is 0 Å². The first kappa shape index (κ1) is 10.8. The summed E-state index contributed by atoms with van der Waals surface area (Å²) in [4.78, 5) is 22.8. The van der Waals surface area contributed by atoms with E-state index in [1.54, 1.807) is 12.1 Å². The molecule has 0 aliphatic rings. The molecule has 7 nitrogen and oxygen atoms in total. The Bertz CT molecular complexity index is 517. The number of hydrazine groups is 1. The summed E-state index contributed by atoms with van der Waals surface area (Å²) in [6.45, 7) is 0. The van der Waals surface area contributed by atoms with Crippen molar-refractivity contribution in [1.29, 1.82) is 0 Å². The van der Waals surface area contributed by atoms with E-state index in [0.29, 0.717) is 0 Å². The summed E-state index contributed by atoms with van der Waals surface area (Å²) in [5, 5.41) is 9.45. The van der Waals surface area contributed by atoms with Gasteiger partial charge in [0.2, 0.25) is 5.95 Å². The maximum absolute atomic E-state index is 11.6. The van der Waals surface area contributed by atoms with Crippen molar-refractivity contribution in [3.8, 4) is 5.75 Å². The number of nitrogens with one attached hydrogen (secondary N) is 2. The third kappa shape index (κ3) is 2.65. The number of nitrogens with zero attached hydrogens (tertiary/aromatic N) is 3. The molecule has 2 aromatic rings. The normalized spacial score (nSPS) is 9.65. The molecule has 1 heterocycles. The van der Waals surface area contributed by atoms with Gasteiger partial charge in [0.1, 0.15) is 18.4 Å². The van der Waals surface area contributed by atoms with Gasteiger partial charge in [-0.25, -0.2) is 4.98 Å². The van der Waals surface area contributed by atoms with Gasteiger partial charge < -0.3 is 5.11 Å². The minimum Gasteiger partial charge on any atom is -0.507 e.